The number of benzene rings is 1. The van der Waals surface area contributed by atoms with Gasteiger partial charge < -0.3 is 10.6 Å². The van der Waals surface area contributed by atoms with Gasteiger partial charge in [0.1, 0.15) is 17.5 Å². The fourth-order valence-corrected chi connectivity index (χ4v) is 2.03. The fraction of sp³-hybridized carbons (Fsp3) is 0.333. The predicted molar refractivity (Wildman–Crippen MR) is 78.0 cm³/mol. The number of rotatable bonds is 4. The quantitative estimate of drug-likeness (QED) is 0.877. The standard InChI is InChI=1S/C15H18N4/c1-10-5-3-4-6-12(10)17-14-9-13(16-2)18-15(19-14)11-7-8-11/h3-6,9,11H,7-8H2,1-2H3,(H2,16,17,18,19). The summed E-state index contributed by atoms with van der Waals surface area (Å²) in [6.45, 7) is 2.09. The summed E-state index contributed by atoms with van der Waals surface area (Å²) in [6, 6.07) is 10.2. The van der Waals surface area contributed by atoms with Crippen LogP contribution in [0.1, 0.15) is 30.1 Å². The molecule has 0 bridgehead atoms. The third-order valence-corrected chi connectivity index (χ3v) is 3.35. The Hall–Kier alpha value is -2.10. The molecule has 1 aromatic carbocycles. The van der Waals surface area contributed by atoms with Crippen LogP contribution in [0.15, 0.2) is 30.3 Å². The van der Waals surface area contributed by atoms with Crippen LogP contribution < -0.4 is 10.6 Å². The maximum atomic E-state index is 4.62. The molecular formula is C15H18N4. The van der Waals surface area contributed by atoms with Crippen LogP contribution in [0.25, 0.3) is 0 Å². The highest BCUT2D eigenvalue weighted by atomic mass is 15.1. The highest BCUT2D eigenvalue weighted by molar-refractivity contribution is 5.62. The topological polar surface area (TPSA) is 49.8 Å². The number of nitrogens with one attached hydrogen (secondary N) is 2. The monoisotopic (exact) mass is 254 g/mol. The Morgan fingerprint density at radius 3 is 2.53 bits per heavy atom. The highest BCUT2D eigenvalue weighted by Gasteiger charge is 2.27. The molecule has 2 N–H and O–H groups in total. The van der Waals surface area contributed by atoms with Gasteiger partial charge in [-0.2, -0.15) is 0 Å². The molecule has 0 unspecified atom stereocenters. The number of hydrogen-bond donors (Lipinski definition) is 2. The number of nitrogens with zero attached hydrogens (tertiary/aromatic N) is 2. The van der Waals surface area contributed by atoms with E-state index in [4.69, 9.17) is 0 Å². The first-order valence-corrected chi connectivity index (χ1v) is 6.65. The Morgan fingerprint density at radius 2 is 1.84 bits per heavy atom. The zero-order valence-corrected chi connectivity index (χ0v) is 11.3. The molecule has 1 fully saturated rings. The third-order valence-electron chi connectivity index (χ3n) is 3.35. The number of hydrogen-bond acceptors (Lipinski definition) is 4. The van der Waals surface area contributed by atoms with Crippen LogP contribution in [-0.4, -0.2) is 17.0 Å². The van der Waals surface area contributed by atoms with Gasteiger partial charge in [-0.1, -0.05) is 18.2 Å². The van der Waals surface area contributed by atoms with Gasteiger partial charge in [0.15, 0.2) is 0 Å². The minimum absolute atomic E-state index is 0.547. The number of aryl methyl sites for hydroxylation is 1. The first-order chi connectivity index (χ1) is 9.26. The summed E-state index contributed by atoms with van der Waals surface area (Å²) in [7, 11) is 1.89. The molecule has 0 amide bonds. The third kappa shape index (κ3) is 2.67. The van der Waals surface area contributed by atoms with Crippen molar-refractivity contribution in [2.75, 3.05) is 17.7 Å². The molecule has 0 radical (unpaired) electrons. The van der Waals surface area contributed by atoms with Crippen molar-refractivity contribution in [3.63, 3.8) is 0 Å². The Bertz CT molecular complexity index is 590. The van der Waals surface area contributed by atoms with Gasteiger partial charge in [-0.25, -0.2) is 9.97 Å². The van der Waals surface area contributed by atoms with Crippen LogP contribution in [0.3, 0.4) is 0 Å². The van der Waals surface area contributed by atoms with Gasteiger partial charge in [0.05, 0.1) is 0 Å². The van der Waals surface area contributed by atoms with Crippen molar-refractivity contribution in [1.29, 1.82) is 0 Å². The molecule has 0 spiro atoms. The number of anilines is 3. The van der Waals surface area contributed by atoms with Gasteiger partial charge in [0.2, 0.25) is 0 Å². The second kappa shape index (κ2) is 4.88. The summed E-state index contributed by atoms with van der Waals surface area (Å²) in [5.74, 6) is 3.22. The molecule has 0 aliphatic heterocycles. The van der Waals surface area contributed by atoms with Crippen LogP contribution in [0, 0.1) is 6.92 Å². The number of aromatic nitrogens is 2. The van der Waals surface area contributed by atoms with Crippen LogP contribution in [0.4, 0.5) is 17.3 Å². The Kier molecular flexibility index (Phi) is 3.07. The van der Waals surface area contributed by atoms with Crippen molar-refractivity contribution < 1.29 is 0 Å². The lowest BCUT2D eigenvalue weighted by molar-refractivity contribution is 0.932. The van der Waals surface area contributed by atoms with Crippen molar-refractivity contribution in [2.45, 2.75) is 25.7 Å². The first kappa shape index (κ1) is 12.0. The van der Waals surface area contributed by atoms with E-state index in [0.717, 1.165) is 23.1 Å². The zero-order chi connectivity index (χ0) is 13.2. The van der Waals surface area contributed by atoms with E-state index in [-0.39, 0.29) is 0 Å². The lowest BCUT2D eigenvalue weighted by Crippen LogP contribution is -2.03. The largest absolute Gasteiger partial charge is 0.373 e. The predicted octanol–water partition coefficient (Wildman–Crippen LogP) is 3.45. The van der Waals surface area contributed by atoms with E-state index in [9.17, 15) is 0 Å². The van der Waals surface area contributed by atoms with Gasteiger partial charge in [-0.3, -0.25) is 0 Å². The van der Waals surface area contributed by atoms with E-state index in [0.29, 0.717) is 5.92 Å². The van der Waals surface area contributed by atoms with Crippen molar-refractivity contribution in [3.05, 3.63) is 41.7 Å². The maximum Gasteiger partial charge on any atom is 0.136 e. The Morgan fingerprint density at radius 1 is 1.11 bits per heavy atom. The van der Waals surface area contributed by atoms with E-state index < -0.39 is 0 Å². The fourth-order valence-electron chi connectivity index (χ4n) is 2.03. The van der Waals surface area contributed by atoms with Crippen LogP contribution in [0.5, 0.6) is 0 Å². The van der Waals surface area contributed by atoms with Gasteiger partial charge in [-0.15, -0.1) is 0 Å². The minimum Gasteiger partial charge on any atom is -0.373 e. The Labute approximate surface area is 113 Å². The molecule has 0 saturated heterocycles. The molecule has 1 aliphatic carbocycles. The van der Waals surface area contributed by atoms with Gasteiger partial charge in [0, 0.05) is 24.7 Å². The van der Waals surface area contributed by atoms with Crippen molar-refractivity contribution in [2.24, 2.45) is 0 Å². The summed E-state index contributed by atoms with van der Waals surface area (Å²) in [4.78, 5) is 9.13. The normalized spacial score (nSPS) is 14.2. The molecule has 1 heterocycles. The summed E-state index contributed by atoms with van der Waals surface area (Å²) < 4.78 is 0. The van der Waals surface area contributed by atoms with E-state index in [1.807, 2.05) is 25.2 Å². The molecular weight excluding hydrogens is 236 g/mol. The molecule has 4 nitrogen and oxygen atoms in total. The number of para-hydroxylation sites is 1. The summed E-state index contributed by atoms with van der Waals surface area (Å²) in [6.07, 6.45) is 2.41. The van der Waals surface area contributed by atoms with E-state index in [1.54, 1.807) is 0 Å². The van der Waals surface area contributed by atoms with Gasteiger partial charge in [0.25, 0.3) is 0 Å². The van der Waals surface area contributed by atoms with Crippen LogP contribution in [0.2, 0.25) is 0 Å². The van der Waals surface area contributed by atoms with Gasteiger partial charge >= 0.3 is 0 Å². The molecule has 0 atom stereocenters. The average molecular weight is 254 g/mol. The van der Waals surface area contributed by atoms with Crippen molar-refractivity contribution in [1.82, 2.24) is 9.97 Å². The van der Waals surface area contributed by atoms with Gasteiger partial charge in [-0.05, 0) is 31.4 Å². The minimum atomic E-state index is 0.547. The molecule has 4 heteroatoms. The molecule has 19 heavy (non-hydrogen) atoms. The molecule has 2 aromatic rings. The second-order valence-corrected chi connectivity index (χ2v) is 4.96. The van der Waals surface area contributed by atoms with E-state index in [1.165, 1.54) is 18.4 Å². The van der Waals surface area contributed by atoms with Crippen LogP contribution in [-0.2, 0) is 0 Å². The first-order valence-electron chi connectivity index (χ1n) is 6.65. The molecule has 3 rings (SSSR count). The van der Waals surface area contributed by atoms with E-state index in [2.05, 4.69) is 39.7 Å². The van der Waals surface area contributed by atoms with Crippen molar-refractivity contribution in [3.8, 4) is 0 Å². The maximum absolute atomic E-state index is 4.62. The average Bonchev–Trinajstić information content (AvgIpc) is 3.25. The molecule has 1 saturated carbocycles. The zero-order valence-electron chi connectivity index (χ0n) is 11.3. The summed E-state index contributed by atoms with van der Waals surface area (Å²) >= 11 is 0. The lowest BCUT2D eigenvalue weighted by atomic mass is 10.2. The summed E-state index contributed by atoms with van der Waals surface area (Å²) in [5.41, 5.74) is 2.30. The lowest BCUT2D eigenvalue weighted by Gasteiger charge is -2.11. The SMILES string of the molecule is CNc1cc(Nc2ccccc2C)nc(C2CC2)n1. The van der Waals surface area contributed by atoms with E-state index >= 15 is 0 Å². The van der Waals surface area contributed by atoms with Crippen LogP contribution >= 0.6 is 0 Å². The van der Waals surface area contributed by atoms with Crippen molar-refractivity contribution >= 4 is 17.3 Å². The molecule has 1 aliphatic rings. The Balaban J connectivity index is 1.91. The second-order valence-electron chi connectivity index (χ2n) is 4.96. The smallest absolute Gasteiger partial charge is 0.136 e. The molecule has 1 aromatic heterocycles. The molecule has 98 valence electrons. The highest BCUT2D eigenvalue weighted by Crippen LogP contribution is 2.39. The summed E-state index contributed by atoms with van der Waals surface area (Å²) in [5, 5.41) is 6.48.